The number of anilines is 3. The quantitative estimate of drug-likeness (QED) is 0.334. The number of amides is 1. The van der Waals surface area contributed by atoms with Gasteiger partial charge in [-0.3, -0.25) is 9.78 Å². The lowest BCUT2D eigenvalue weighted by Crippen LogP contribution is -2.06. The Morgan fingerprint density at radius 2 is 1.97 bits per heavy atom. The molecule has 0 fully saturated rings. The van der Waals surface area contributed by atoms with Crippen LogP contribution in [0.2, 0.25) is 5.02 Å². The molecular formula is C21H16ClN5O2. The van der Waals surface area contributed by atoms with Gasteiger partial charge in [0.15, 0.2) is 5.82 Å². The molecular weight excluding hydrogens is 390 g/mol. The van der Waals surface area contributed by atoms with Crippen LogP contribution in [0.3, 0.4) is 0 Å². The number of halogens is 1. The van der Waals surface area contributed by atoms with E-state index >= 15 is 0 Å². The minimum Gasteiger partial charge on any atom is -0.506 e. The summed E-state index contributed by atoms with van der Waals surface area (Å²) >= 11 is 6.17. The van der Waals surface area contributed by atoms with Gasteiger partial charge in [0.1, 0.15) is 11.6 Å². The summed E-state index contributed by atoms with van der Waals surface area (Å²) in [4.78, 5) is 24.7. The Balaban J connectivity index is 1.84. The van der Waals surface area contributed by atoms with Crippen molar-refractivity contribution in [1.29, 1.82) is 0 Å². The highest BCUT2D eigenvalue weighted by Gasteiger charge is 2.13. The van der Waals surface area contributed by atoms with Gasteiger partial charge < -0.3 is 15.7 Å². The Morgan fingerprint density at radius 3 is 2.72 bits per heavy atom. The summed E-state index contributed by atoms with van der Waals surface area (Å²) in [7, 11) is 0. The van der Waals surface area contributed by atoms with Crippen LogP contribution in [0.1, 0.15) is 6.92 Å². The number of carbonyl (C=O) groups is 1. The van der Waals surface area contributed by atoms with E-state index in [1.807, 2.05) is 6.07 Å². The third kappa shape index (κ3) is 4.09. The number of aromatic nitrogens is 3. The van der Waals surface area contributed by atoms with Crippen molar-refractivity contribution in [3.05, 3.63) is 65.9 Å². The fourth-order valence-corrected chi connectivity index (χ4v) is 3.04. The molecule has 0 saturated carbocycles. The van der Waals surface area contributed by atoms with Gasteiger partial charge in [0, 0.05) is 41.0 Å². The number of hydrogen-bond donors (Lipinski definition) is 3. The van der Waals surface area contributed by atoms with Crippen LogP contribution >= 0.6 is 11.6 Å². The summed E-state index contributed by atoms with van der Waals surface area (Å²) in [5, 5.41) is 17.3. The van der Waals surface area contributed by atoms with E-state index in [-0.39, 0.29) is 11.7 Å². The molecule has 3 N–H and O–H groups in total. The lowest BCUT2D eigenvalue weighted by molar-refractivity contribution is -0.114. The highest BCUT2D eigenvalue weighted by Crippen LogP contribution is 2.33. The highest BCUT2D eigenvalue weighted by atomic mass is 35.5. The summed E-state index contributed by atoms with van der Waals surface area (Å²) in [5.41, 5.74) is 2.36. The van der Waals surface area contributed by atoms with E-state index in [1.54, 1.807) is 48.8 Å². The fraction of sp³-hybridized carbons (Fsp3) is 0.0476. The molecule has 2 aromatic carbocycles. The second-order valence-corrected chi connectivity index (χ2v) is 6.77. The second kappa shape index (κ2) is 7.73. The predicted molar refractivity (Wildman–Crippen MR) is 113 cm³/mol. The van der Waals surface area contributed by atoms with Crippen molar-refractivity contribution in [2.45, 2.75) is 6.92 Å². The number of phenolic OH excluding ortho intramolecular Hbond substituents is 1. The van der Waals surface area contributed by atoms with Crippen LogP contribution in [0, 0.1) is 0 Å². The van der Waals surface area contributed by atoms with Crippen molar-refractivity contribution in [2.24, 2.45) is 0 Å². The Morgan fingerprint density at radius 1 is 1.10 bits per heavy atom. The Labute approximate surface area is 171 Å². The molecule has 144 valence electrons. The van der Waals surface area contributed by atoms with E-state index in [9.17, 15) is 9.90 Å². The molecule has 0 aliphatic heterocycles. The monoisotopic (exact) mass is 405 g/mol. The van der Waals surface area contributed by atoms with Crippen molar-refractivity contribution >= 4 is 45.6 Å². The van der Waals surface area contributed by atoms with Gasteiger partial charge in [-0.2, -0.15) is 0 Å². The Kier molecular flexibility index (Phi) is 4.97. The number of nitrogens with zero attached hydrogens (tertiary/aromatic N) is 3. The standard InChI is InChI=1S/C21H16ClN5O2/c1-12(28)24-15-5-7-19(29)18(10-15)26-21-16-9-14(22)4-6-17(16)25-20(27-21)13-3-2-8-23-11-13/h2-11,29H,1H3,(H,24,28)(H,25,26,27). The second-order valence-electron chi connectivity index (χ2n) is 6.34. The van der Waals surface area contributed by atoms with E-state index < -0.39 is 0 Å². The first-order chi connectivity index (χ1) is 14.0. The molecule has 7 nitrogen and oxygen atoms in total. The van der Waals surface area contributed by atoms with Gasteiger partial charge in [-0.1, -0.05) is 11.6 Å². The van der Waals surface area contributed by atoms with Crippen LogP contribution in [0.25, 0.3) is 22.3 Å². The van der Waals surface area contributed by atoms with Crippen molar-refractivity contribution in [2.75, 3.05) is 10.6 Å². The molecule has 2 heterocycles. The number of nitrogens with one attached hydrogen (secondary N) is 2. The van der Waals surface area contributed by atoms with E-state index in [2.05, 4.69) is 25.6 Å². The molecule has 1 amide bonds. The Bertz CT molecular complexity index is 1210. The SMILES string of the molecule is CC(=O)Nc1ccc(O)c(Nc2nc(-c3cccnc3)nc3ccc(Cl)cc23)c1. The van der Waals surface area contributed by atoms with Crippen molar-refractivity contribution in [1.82, 2.24) is 15.0 Å². The summed E-state index contributed by atoms with van der Waals surface area (Å²) in [6.07, 6.45) is 3.35. The predicted octanol–water partition coefficient (Wildman–Crippen LogP) is 4.75. The summed E-state index contributed by atoms with van der Waals surface area (Å²) < 4.78 is 0. The summed E-state index contributed by atoms with van der Waals surface area (Å²) in [5.74, 6) is 0.746. The fourth-order valence-electron chi connectivity index (χ4n) is 2.86. The summed E-state index contributed by atoms with van der Waals surface area (Å²) in [6.45, 7) is 1.42. The van der Waals surface area contributed by atoms with Gasteiger partial charge in [-0.25, -0.2) is 9.97 Å². The molecule has 0 atom stereocenters. The third-order valence-electron chi connectivity index (χ3n) is 4.15. The lowest BCUT2D eigenvalue weighted by Gasteiger charge is -2.13. The Hall–Kier alpha value is -3.71. The smallest absolute Gasteiger partial charge is 0.221 e. The zero-order valence-electron chi connectivity index (χ0n) is 15.3. The number of hydrogen-bond acceptors (Lipinski definition) is 6. The molecule has 0 aliphatic carbocycles. The average Bonchev–Trinajstić information content (AvgIpc) is 2.71. The highest BCUT2D eigenvalue weighted by molar-refractivity contribution is 6.31. The molecule has 0 radical (unpaired) electrons. The van der Waals surface area contributed by atoms with E-state index in [1.165, 1.54) is 13.0 Å². The van der Waals surface area contributed by atoms with Crippen molar-refractivity contribution in [3.63, 3.8) is 0 Å². The third-order valence-corrected chi connectivity index (χ3v) is 4.38. The number of pyridine rings is 1. The van der Waals surface area contributed by atoms with Crippen LogP contribution in [0.4, 0.5) is 17.2 Å². The average molecular weight is 406 g/mol. The van der Waals surface area contributed by atoms with Gasteiger partial charge in [-0.15, -0.1) is 0 Å². The molecule has 0 aliphatic rings. The van der Waals surface area contributed by atoms with E-state index in [0.29, 0.717) is 38.9 Å². The van der Waals surface area contributed by atoms with Crippen molar-refractivity contribution in [3.8, 4) is 17.1 Å². The largest absolute Gasteiger partial charge is 0.506 e. The normalized spacial score (nSPS) is 10.7. The first-order valence-corrected chi connectivity index (χ1v) is 9.13. The summed E-state index contributed by atoms with van der Waals surface area (Å²) in [6, 6.07) is 13.7. The van der Waals surface area contributed by atoms with Crippen LogP contribution < -0.4 is 10.6 Å². The molecule has 0 spiro atoms. The first-order valence-electron chi connectivity index (χ1n) is 8.75. The number of rotatable bonds is 4. The zero-order chi connectivity index (χ0) is 20.4. The molecule has 0 saturated heterocycles. The first kappa shape index (κ1) is 18.6. The molecule has 29 heavy (non-hydrogen) atoms. The molecule has 0 bridgehead atoms. The minimum absolute atomic E-state index is 0.0100. The molecule has 2 aromatic heterocycles. The lowest BCUT2D eigenvalue weighted by atomic mass is 10.2. The minimum atomic E-state index is -0.209. The van der Waals surface area contributed by atoms with Gasteiger partial charge >= 0.3 is 0 Å². The van der Waals surface area contributed by atoms with E-state index in [4.69, 9.17) is 11.6 Å². The van der Waals surface area contributed by atoms with E-state index in [0.717, 1.165) is 5.56 Å². The maximum absolute atomic E-state index is 11.3. The van der Waals surface area contributed by atoms with Gasteiger partial charge in [0.25, 0.3) is 0 Å². The van der Waals surface area contributed by atoms with Gasteiger partial charge in [0.2, 0.25) is 5.91 Å². The van der Waals surface area contributed by atoms with Crippen molar-refractivity contribution < 1.29 is 9.90 Å². The van der Waals surface area contributed by atoms with Crippen LogP contribution in [-0.2, 0) is 4.79 Å². The number of benzene rings is 2. The maximum atomic E-state index is 11.3. The molecule has 8 heteroatoms. The number of aromatic hydroxyl groups is 1. The zero-order valence-corrected chi connectivity index (χ0v) is 16.1. The molecule has 4 aromatic rings. The van der Waals surface area contributed by atoms with Crippen LogP contribution in [0.5, 0.6) is 5.75 Å². The molecule has 0 unspecified atom stereocenters. The number of carbonyl (C=O) groups excluding carboxylic acids is 1. The van der Waals surface area contributed by atoms with Gasteiger partial charge in [0.05, 0.1) is 11.2 Å². The van der Waals surface area contributed by atoms with Crippen LogP contribution in [-0.4, -0.2) is 26.0 Å². The van der Waals surface area contributed by atoms with Crippen LogP contribution in [0.15, 0.2) is 60.9 Å². The maximum Gasteiger partial charge on any atom is 0.221 e. The topological polar surface area (TPSA) is 100 Å². The number of fused-ring (bicyclic) bond motifs is 1. The molecule has 4 rings (SSSR count). The number of phenols is 1. The van der Waals surface area contributed by atoms with Gasteiger partial charge in [-0.05, 0) is 48.5 Å².